The molecule has 156 valence electrons. The van der Waals surface area contributed by atoms with E-state index in [1.807, 2.05) is 55.5 Å². The Morgan fingerprint density at radius 3 is 2.13 bits per heavy atom. The molecular weight excluding hydrogens is 414 g/mol. The van der Waals surface area contributed by atoms with Gasteiger partial charge in [-0.25, -0.2) is 4.79 Å². The number of thiophene rings is 1. The highest BCUT2D eigenvalue weighted by Gasteiger charge is 2.17. The van der Waals surface area contributed by atoms with Gasteiger partial charge < -0.3 is 14.2 Å². The summed E-state index contributed by atoms with van der Waals surface area (Å²) in [5, 5.41) is 4.86. The minimum Gasteiger partial charge on any atom is -0.439 e. The van der Waals surface area contributed by atoms with Gasteiger partial charge in [-0.15, -0.1) is 11.3 Å². The molecule has 0 N–H and O–H groups in total. The molecule has 0 saturated carbocycles. The van der Waals surface area contributed by atoms with Crippen LogP contribution in [0.15, 0.2) is 96.2 Å². The van der Waals surface area contributed by atoms with Gasteiger partial charge >= 0.3 is 12.2 Å². The van der Waals surface area contributed by atoms with Crippen molar-refractivity contribution >= 4 is 33.7 Å². The van der Waals surface area contributed by atoms with Crippen LogP contribution < -0.4 is 9.47 Å². The van der Waals surface area contributed by atoms with E-state index in [0.717, 1.165) is 15.0 Å². The van der Waals surface area contributed by atoms with Crippen LogP contribution in [0.3, 0.4) is 0 Å². The molecule has 0 bridgehead atoms. The van der Waals surface area contributed by atoms with Crippen molar-refractivity contribution in [1.29, 1.82) is 0 Å². The number of benzene rings is 3. The molecule has 1 unspecified atom stereocenters. The molecule has 0 amide bonds. The first kappa shape index (κ1) is 20.4. The standard InChI is InChI=1S/C24H19NO5S/c1-17(22-16-18-10-8-9-15-21(18)31-22)27-23(28-19-11-4-2-5-12-19)25-30-24(26)29-20-13-6-3-7-14-20/h2-17H,1H3/b25-23-. The molecule has 1 heterocycles. The maximum Gasteiger partial charge on any atom is 0.541 e. The highest BCUT2D eigenvalue weighted by atomic mass is 32.1. The van der Waals surface area contributed by atoms with Crippen LogP contribution in [0.25, 0.3) is 10.1 Å². The van der Waals surface area contributed by atoms with Gasteiger partial charge in [0, 0.05) is 14.7 Å². The minimum absolute atomic E-state index is 0.207. The van der Waals surface area contributed by atoms with Gasteiger partial charge in [-0.3, -0.25) is 4.84 Å². The summed E-state index contributed by atoms with van der Waals surface area (Å²) in [6.07, 6.45) is -1.59. The van der Waals surface area contributed by atoms with Gasteiger partial charge in [0.05, 0.1) is 0 Å². The van der Waals surface area contributed by atoms with Gasteiger partial charge in [-0.05, 0) is 48.7 Å². The number of nitrogens with zero attached hydrogens (tertiary/aromatic N) is 1. The maximum atomic E-state index is 12.0. The molecule has 0 aliphatic rings. The third kappa shape index (κ3) is 5.61. The van der Waals surface area contributed by atoms with E-state index in [9.17, 15) is 4.79 Å². The molecule has 3 aromatic carbocycles. The van der Waals surface area contributed by atoms with Gasteiger partial charge in [0.2, 0.25) is 0 Å². The van der Waals surface area contributed by atoms with Crippen molar-refractivity contribution in [2.75, 3.05) is 0 Å². The molecule has 0 spiro atoms. The van der Waals surface area contributed by atoms with E-state index in [0.29, 0.717) is 11.5 Å². The smallest absolute Gasteiger partial charge is 0.439 e. The average molecular weight is 433 g/mol. The summed E-state index contributed by atoms with van der Waals surface area (Å²) in [7, 11) is 0. The molecule has 1 atom stereocenters. The summed E-state index contributed by atoms with van der Waals surface area (Å²) in [5.41, 5.74) is 0. The molecule has 0 saturated heterocycles. The number of rotatable bonds is 5. The fraction of sp³-hybridized carbons (Fsp3) is 0.0833. The summed E-state index contributed by atoms with van der Waals surface area (Å²) in [5.74, 6) is 0.831. The SMILES string of the molecule is CC(O/C(=N/OC(=O)Oc1ccccc1)Oc1ccccc1)c1cc2ccccc2s1. The first-order chi connectivity index (χ1) is 15.2. The summed E-state index contributed by atoms with van der Waals surface area (Å²) in [4.78, 5) is 17.8. The van der Waals surface area contributed by atoms with E-state index in [2.05, 4.69) is 11.2 Å². The van der Waals surface area contributed by atoms with Crippen molar-refractivity contribution in [3.05, 3.63) is 95.9 Å². The quantitative estimate of drug-likeness (QED) is 0.0892. The van der Waals surface area contributed by atoms with Crippen LogP contribution in [-0.4, -0.2) is 12.2 Å². The second-order valence-electron chi connectivity index (χ2n) is 6.48. The fourth-order valence-corrected chi connectivity index (χ4v) is 3.79. The summed E-state index contributed by atoms with van der Waals surface area (Å²) >= 11 is 1.61. The van der Waals surface area contributed by atoms with Crippen LogP contribution in [0.1, 0.15) is 17.9 Å². The predicted molar refractivity (Wildman–Crippen MR) is 119 cm³/mol. The average Bonchev–Trinajstić information content (AvgIpc) is 3.23. The number of fused-ring (bicyclic) bond motifs is 1. The van der Waals surface area contributed by atoms with Crippen LogP contribution in [0.4, 0.5) is 4.79 Å². The fourth-order valence-electron chi connectivity index (χ4n) is 2.74. The lowest BCUT2D eigenvalue weighted by Gasteiger charge is -2.14. The van der Waals surface area contributed by atoms with Crippen molar-refractivity contribution < 1.29 is 23.8 Å². The van der Waals surface area contributed by atoms with Gasteiger partial charge in [-0.2, -0.15) is 0 Å². The zero-order valence-electron chi connectivity index (χ0n) is 16.6. The van der Waals surface area contributed by atoms with Crippen LogP contribution >= 0.6 is 11.3 Å². The number of para-hydroxylation sites is 2. The van der Waals surface area contributed by atoms with Crippen molar-refractivity contribution in [2.45, 2.75) is 13.0 Å². The van der Waals surface area contributed by atoms with Crippen LogP contribution in [0.2, 0.25) is 0 Å². The highest BCUT2D eigenvalue weighted by Crippen LogP contribution is 2.31. The second kappa shape index (κ2) is 9.77. The summed E-state index contributed by atoms with van der Waals surface area (Å²) in [6.45, 7) is 1.87. The number of carbonyl (C=O) groups excluding carboxylic acids is 1. The summed E-state index contributed by atoms with van der Waals surface area (Å²) in [6, 6.07) is 27.6. The van der Waals surface area contributed by atoms with Gasteiger partial charge in [-0.1, -0.05) is 54.6 Å². The van der Waals surface area contributed by atoms with Crippen LogP contribution in [0.5, 0.6) is 11.5 Å². The number of ether oxygens (including phenoxy) is 3. The third-order valence-electron chi connectivity index (χ3n) is 4.21. The molecule has 0 aliphatic carbocycles. The van der Waals surface area contributed by atoms with E-state index >= 15 is 0 Å². The highest BCUT2D eigenvalue weighted by molar-refractivity contribution is 7.19. The summed E-state index contributed by atoms with van der Waals surface area (Å²) < 4.78 is 17.8. The topological polar surface area (TPSA) is 66.4 Å². The first-order valence-electron chi connectivity index (χ1n) is 9.57. The Bertz CT molecular complexity index is 1140. The van der Waals surface area contributed by atoms with E-state index in [1.165, 1.54) is 0 Å². The first-order valence-corrected chi connectivity index (χ1v) is 10.4. The molecule has 0 fully saturated rings. The molecule has 4 rings (SSSR count). The maximum absolute atomic E-state index is 12.0. The Kier molecular flexibility index (Phi) is 6.44. The molecule has 31 heavy (non-hydrogen) atoms. The number of hydrogen-bond acceptors (Lipinski definition) is 7. The number of oxime groups is 1. The Morgan fingerprint density at radius 1 is 0.839 bits per heavy atom. The lowest BCUT2D eigenvalue weighted by molar-refractivity contribution is 0.0854. The molecule has 0 radical (unpaired) electrons. The lowest BCUT2D eigenvalue weighted by Crippen LogP contribution is -2.18. The monoisotopic (exact) mass is 433 g/mol. The zero-order valence-corrected chi connectivity index (χ0v) is 17.5. The van der Waals surface area contributed by atoms with Crippen molar-refractivity contribution in [1.82, 2.24) is 0 Å². The zero-order chi connectivity index (χ0) is 21.5. The van der Waals surface area contributed by atoms with E-state index in [4.69, 9.17) is 19.0 Å². The number of carbonyl (C=O) groups is 1. The Balaban J connectivity index is 1.49. The van der Waals surface area contributed by atoms with Crippen molar-refractivity contribution in [3.8, 4) is 11.5 Å². The lowest BCUT2D eigenvalue weighted by atomic mass is 10.2. The molecule has 6 nitrogen and oxygen atoms in total. The Hall–Kier alpha value is -3.84. The van der Waals surface area contributed by atoms with Crippen LogP contribution in [0, 0.1) is 0 Å². The van der Waals surface area contributed by atoms with E-state index < -0.39 is 6.16 Å². The normalized spacial score (nSPS) is 12.2. The molecule has 7 heteroatoms. The van der Waals surface area contributed by atoms with Gasteiger partial charge in [0.15, 0.2) is 0 Å². The van der Waals surface area contributed by atoms with Crippen molar-refractivity contribution in [3.63, 3.8) is 0 Å². The third-order valence-corrected chi connectivity index (χ3v) is 5.49. The molecule has 0 aliphatic heterocycles. The van der Waals surface area contributed by atoms with E-state index in [-0.39, 0.29) is 12.2 Å². The Morgan fingerprint density at radius 2 is 1.45 bits per heavy atom. The van der Waals surface area contributed by atoms with Crippen molar-refractivity contribution in [2.24, 2.45) is 5.16 Å². The Labute approximate surface area is 183 Å². The van der Waals surface area contributed by atoms with Crippen LogP contribution in [-0.2, 0) is 9.57 Å². The minimum atomic E-state index is -1.00. The molecular formula is C24H19NO5S. The molecule has 4 aromatic rings. The molecule has 1 aromatic heterocycles. The predicted octanol–water partition coefficient (Wildman–Crippen LogP) is 6.54. The largest absolute Gasteiger partial charge is 0.541 e. The number of hydrogen-bond donors (Lipinski definition) is 0. The second-order valence-corrected chi connectivity index (χ2v) is 7.59. The van der Waals surface area contributed by atoms with E-state index in [1.54, 1.807) is 47.7 Å². The van der Waals surface area contributed by atoms with Gasteiger partial charge in [0.1, 0.15) is 17.6 Å². The van der Waals surface area contributed by atoms with Gasteiger partial charge in [0.25, 0.3) is 0 Å².